The Morgan fingerprint density at radius 3 is 2.88 bits per heavy atom. The number of benzene rings is 1. The highest BCUT2D eigenvalue weighted by molar-refractivity contribution is 9.10. The van der Waals surface area contributed by atoms with E-state index in [2.05, 4.69) is 31.2 Å². The van der Waals surface area contributed by atoms with E-state index in [1.165, 1.54) is 6.07 Å². The Morgan fingerprint density at radius 1 is 1.41 bits per heavy atom. The van der Waals surface area contributed by atoms with E-state index >= 15 is 0 Å². The molecule has 0 saturated heterocycles. The van der Waals surface area contributed by atoms with E-state index < -0.39 is 0 Å². The number of hydrogen-bond acceptors (Lipinski definition) is 4. The Labute approximate surface area is 106 Å². The highest BCUT2D eigenvalue weighted by Crippen LogP contribution is 2.28. The van der Waals surface area contributed by atoms with Crippen molar-refractivity contribution in [2.24, 2.45) is 0 Å². The molecule has 88 valence electrons. The first kappa shape index (κ1) is 11.8. The molecule has 3 N–H and O–H groups in total. The lowest BCUT2D eigenvalue weighted by Crippen LogP contribution is -2.03. The molecule has 4 nitrogen and oxygen atoms in total. The van der Waals surface area contributed by atoms with E-state index in [4.69, 9.17) is 5.73 Å². The Morgan fingerprint density at radius 2 is 2.18 bits per heavy atom. The van der Waals surface area contributed by atoms with Crippen molar-refractivity contribution < 1.29 is 4.39 Å². The van der Waals surface area contributed by atoms with Crippen LogP contribution in [0.3, 0.4) is 0 Å². The molecule has 0 atom stereocenters. The van der Waals surface area contributed by atoms with Gasteiger partial charge in [0.05, 0.1) is 5.69 Å². The largest absolute Gasteiger partial charge is 0.368 e. The Bertz CT molecular complexity index is 539. The van der Waals surface area contributed by atoms with E-state index in [1.807, 2.05) is 6.92 Å². The van der Waals surface area contributed by atoms with Crippen molar-refractivity contribution in [3.05, 3.63) is 40.2 Å². The SMILES string of the molecule is Cc1cnc(N)nc1Nc1c(F)cccc1Br. The highest BCUT2D eigenvalue weighted by atomic mass is 79.9. The number of aromatic nitrogens is 2. The van der Waals surface area contributed by atoms with Gasteiger partial charge in [-0.2, -0.15) is 4.98 Å². The van der Waals surface area contributed by atoms with E-state index in [1.54, 1.807) is 18.3 Å². The fourth-order valence-electron chi connectivity index (χ4n) is 1.32. The highest BCUT2D eigenvalue weighted by Gasteiger charge is 2.09. The Hall–Kier alpha value is -1.69. The van der Waals surface area contributed by atoms with E-state index in [0.717, 1.165) is 5.56 Å². The third-order valence-corrected chi connectivity index (χ3v) is 2.86. The van der Waals surface area contributed by atoms with Crippen LogP contribution in [0, 0.1) is 12.7 Å². The Kier molecular flexibility index (Phi) is 3.23. The molecule has 0 unspecified atom stereocenters. The number of nitrogens with zero attached hydrogens (tertiary/aromatic N) is 2. The summed E-state index contributed by atoms with van der Waals surface area (Å²) < 4.78 is 14.2. The van der Waals surface area contributed by atoms with Gasteiger partial charge < -0.3 is 11.1 Å². The number of rotatable bonds is 2. The van der Waals surface area contributed by atoms with Gasteiger partial charge >= 0.3 is 0 Å². The second kappa shape index (κ2) is 4.67. The summed E-state index contributed by atoms with van der Waals surface area (Å²) in [4.78, 5) is 7.87. The molecule has 2 aromatic rings. The quantitative estimate of drug-likeness (QED) is 0.894. The van der Waals surface area contributed by atoms with Gasteiger partial charge in [0, 0.05) is 16.2 Å². The van der Waals surface area contributed by atoms with Crippen LogP contribution in [0.1, 0.15) is 5.56 Å². The molecule has 0 bridgehead atoms. The average molecular weight is 297 g/mol. The van der Waals surface area contributed by atoms with Crippen LogP contribution < -0.4 is 11.1 Å². The zero-order valence-electron chi connectivity index (χ0n) is 9.04. The molecule has 1 aromatic carbocycles. The Balaban J connectivity index is 2.41. The van der Waals surface area contributed by atoms with Crippen molar-refractivity contribution >= 4 is 33.4 Å². The first-order valence-corrected chi connectivity index (χ1v) is 5.67. The predicted molar refractivity (Wildman–Crippen MR) is 68.6 cm³/mol. The van der Waals surface area contributed by atoms with E-state index in [9.17, 15) is 4.39 Å². The molecule has 0 fully saturated rings. The summed E-state index contributed by atoms with van der Waals surface area (Å²) in [5, 5.41) is 2.90. The molecule has 6 heteroatoms. The molecule has 0 radical (unpaired) electrons. The van der Waals surface area contributed by atoms with Gasteiger partial charge in [0.15, 0.2) is 0 Å². The third-order valence-electron chi connectivity index (χ3n) is 2.20. The number of nitrogen functional groups attached to an aromatic ring is 1. The summed E-state index contributed by atoms with van der Waals surface area (Å²) in [5.74, 6) is 0.268. The summed E-state index contributed by atoms with van der Waals surface area (Å²) in [7, 11) is 0. The number of nitrogens with two attached hydrogens (primary N) is 1. The van der Waals surface area contributed by atoms with E-state index in [0.29, 0.717) is 16.0 Å². The topological polar surface area (TPSA) is 63.8 Å². The van der Waals surface area contributed by atoms with Gasteiger partial charge in [-0.15, -0.1) is 0 Å². The standard InChI is InChI=1S/C11H10BrFN4/c1-6-5-15-11(14)17-10(6)16-9-7(12)3-2-4-8(9)13/h2-5H,1H3,(H3,14,15,16,17). The molecule has 0 aliphatic heterocycles. The molecule has 0 spiro atoms. The van der Waals surface area contributed by atoms with Crippen LogP contribution in [0.5, 0.6) is 0 Å². The van der Waals surface area contributed by atoms with Crippen molar-refractivity contribution in [2.45, 2.75) is 6.92 Å². The summed E-state index contributed by atoms with van der Waals surface area (Å²) in [6.45, 7) is 1.82. The minimum absolute atomic E-state index is 0.144. The lowest BCUT2D eigenvalue weighted by molar-refractivity contribution is 0.631. The molecular formula is C11H10BrFN4. The van der Waals surface area contributed by atoms with Crippen molar-refractivity contribution in [1.82, 2.24) is 9.97 Å². The van der Waals surface area contributed by atoms with Crippen LogP contribution in [-0.4, -0.2) is 9.97 Å². The predicted octanol–water partition coefficient (Wildman–Crippen LogP) is 3.01. The minimum atomic E-state index is -0.365. The van der Waals surface area contributed by atoms with Crippen LogP contribution in [0.2, 0.25) is 0 Å². The maximum Gasteiger partial charge on any atom is 0.221 e. The lowest BCUT2D eigenvalue weighted by Gasteiger charge is -2.10. The van der Waals surface area contributed by atoms with Gasteiger partial charge in [0.1, 0.15) is 11.6 Å². The second-order valence-corrected chi connectivity index (χ2v) is 4.34. The molecule has 2 rings (SSSR count). The molecule has 0 saturated carbocycles. The van der Waals surface area contributed by atoms with Crippen molar-refractivity contribution in [3.8, 4) is 0 Å². The normalized spacial score (nSPS) is 10.3. The fourth-order valence-corrected chi connectivity index (χ4v) is 1.76. The van der Waals surface area contributed by atoms with Crippen molar-refractivity contribution in [1.29, 1.82) is 0 Å². The summed E-state index contributed by atoms with van der Waals surface area (Å²) in [6, 6.07) is 4.73. The molecule has 0 amide bonds. The summed E-state index contributed by atoms with van der Waals surface area (Å²) in [5.41, 5.74) is 6.60. The summed E-state index contributed by atoms with van der Waals surface area (Å²) in [6.07, 6.45) is 1.58. The van der Waals surface area contributed by atoms with Crippen LogP contribution in [0.15, 0.2) is 28.9 Å². The molecular weight excluding hydrogens is 287 g/mol. The van der Waals surface area contributed by atoms with E-state index in [-0.39, 0.29) is 11.8 Å². The zero-order chi connectivity index (χ0) is 12.4. The first-order chi connectivity index (χ1) is 8.08. The number of aryl methyl sites for hydroxylation is 1. The smallest absolute Gasteiger partial charge is 0.221 e. The maximum absolute atomic E-state index is 13.6. The summed E-state index contributed by atoms with van der Waals surface area (Å²) >= 11 is 3.27. The number of hydrogen-bond donors (Lipinski definition) is 2. The van der Waals surface area contributed by atoms with Gasteiger partial charge in [-0.05, 0) is 35.0 Å². The molecule has 1 heterocycles. The lowest BCUT2D eigenvalue weighted by atomic mass is 10.3. The van der Waals surface area contributed by atoms with Gasteiger partial charge in [0.2, 0.25) is 5.95 Å². The van der Waals surface area contributed by atoms with Gasteiger partial charge in [0.25, 0.3) is 0 Å². The first-order valence-electron chi connectivity index (χ1n) is 4.88. The molecule has 0 aliphatic carbocycles. The van der Waals surface area contributed by atoms with Crippen LogP contribution in [0.25, 0.3) is 0 Å². The molecule has 17 heavy (non-hydrogen) atoms. The minimum Gasteiger partial charge on any atom is -0.368 e. The van der Waals surface area contributed by atoms with Crippen LogP contribution in [-0.2, 0) is 0 Å². The second-order valence-electron chi connectivity index (χ2n) is 3.48. The van der Waals surface area contributed by atoms with Crippen LogP contribution in [0.4, 0.5) is 21.8 Å². The van der Waals surface area contributed by atoms with Gasteiger partial charge in [-0.1, -0.05) is 6.07 Å². The monoisotopic (exact) mass is 296 g/mol. The average Bonchev–Trinajstić information content (AvgIpc) is 2.28. The maximum atomic E-state index is 13.6. The number of anilines is 3. The molecule has 0 aliphatic rings. The van der Waals surface area contributed by atoms with Crippen LogP contribution >= 0.6 is 15.9 Å². The number of halogens is 2. The van der Waals surface area contributed by atoms with Crippen molar-refractivity contribution in [3.63, 3.8) is 0 Å². The number of nitrogens with one attached hydrogen (secondary N) is 1. The molecule has 1 aromatic heterocycles. The van der Waals surface area contributed by atoms with Gasteiger partial charge in [-0.25, -0.2) is 9.37 Å². The fraction of sp³-hybridized carbons (Fsp3) is 0.0909. The van der Waals surface area contributed by atoms with Crippen molar-refractivity contribution in [2.75, 3.05) is 11.1 Å². The van der Waals surface area contributed by atoms with Gasteiger partial charge in [-0.3, -0.25) is 0 Å². The number of para-hydroxylation sites is 1. The zero-order valence-corrected chi connectivity index (χ0v) is 10.6. The third kappa shape index (κ3) is 2.52.